The summed E-state index contributed by atoms with van der Waals surface area (Å²) in [6.07, 6.45) is 1.63. The summed E-state index contributed by atoms with van der Waals surface area (Å²) in [6.45, 7) is 4.15. The molecule has 0 atom stereocenters. The number of benzene rings is 2. The molecule has 0 N–H and O–H groups in total. The highest BCUT2D eigenvalue weighted by Crippen LogP contribution is 2.31. The van der Waals surface area contributed by atoms with Gasteiger partial charge in [0.1, 0.15) is 5.69 Å². The molecule has 27 heavy (non-hydrogen) atoms. The van der Waals surface area contributed by atoms with Gasteiger partial charge >= 0.3 is 0 Å². The highest BCUT2D eigenvalue weighted by molar-refractivity contribution is 7.16. The van der Waals surface area contributed by atoms with Crippen LogP contribution < -0.4 is 0 Å². The molecule has 0 aliphatic rings. The average molecular weight is 375 g/mol. The fourth-order valence-corrected chi connectivity index (χ4v) is 3.97. The van der Waals surface area contributed by atoms with E-state index in [9.17, 15) is 4.39 Å². The summed E-state index contributed by atoms with van der Waals surface area (Å²) in [4.78, 5) is 18.0. The monoisotopic (exact) mass is 375 g/mol. The number of imidazole rings is 1. The van der Waals surface area contributed by atoms with Gasteiger partial charge in [0, 0.05) is 0 Å². The summed E-state index contributed by atoms with van der Waals surface area (Å²) >= 11 is 0.888. The minimum absolute atomic E-state index is 0.301. The Bertz CT molecular complexity index is 1300. The topological polar surface area (TPSA) is 56.5 Å². The van der Waals surface area contributed by atoms with Crippen LogP contribution in [0.1, 0.15) is 11.1 Å². The molecule has 0 aliphatic heterocycles. The molecule has 7 heteroatoms. The van der Waals surface area contributed by atoms with Gasteiger partial charge in [0.25, 0.3) is 5.26 Å². The summed E-state index contributed by atoms with van der Waals surface area (Å²) in [6, 6.07) is 14.1. The summed E-state index contributed by atoms with van der Waals surface area (Å²) < 4.78 is 15.6. The first kappa shape index (κ1) is 16.0. The zero-order valence-corrected chi connectivity index (χ0v) is 15.5. The lowest BCUT2D eigenvalue weighted by molar-refractivity contribution is 0.619. The fraction of sp³-hybridized carbons (Fsp3) is 0.100. The Morgan fingerprint density at radius 2 is 1.70 bits per heavy atom. The molecule has 132 valence electrons. The maximum atomic E-state index is 13.5. The van der Waals surface area contributed by atoms with Gasteiger partial charge in [-0.15, -0.1) is 0 Å². The maximum Gasteiger partial charge on any atom is 0.273 e. The Labute approximate surface area is 158 Å². The van der Waals surface area contributed by atoms with E-state index < -0.39 is 5.26 Å². The molecule has 0 saturated heterocycles. The second kappa shape index (κ2) is 5.92. The van der Waals surface area contributed by atoms with Crippen LogP contribution in [0.25, 0.3) is 38.7 Å². The maximum absolute atomic E-state index is 13.5. The third kappa shape index (κ3) is 2.50. The number of aryl methyl sites for hydroxylation is 2. The first-order valence-corrected chi connectivity index (χ1v) is 9.27. The molecule has 3 aromatic heterocycles. The second-order valence-electron chi connectivity index (χ2n) is 6.35. The van der Waals surface area contributed by atoms with Crippen molar-refractivity contribution in [2.75, 3.05) is 0 Å². The largest absolute Gasteiger partial charge is 0.290 e. The molecule has 5 aromatic rings. The molecule has 0 amide bonds. The number of rotatable bonds is 2. The van der Waals surface area contributed by atoms with Crippen molar-refractivity contribution in [3.63, 3.8) is 0 Å². The summed E-state index contributed by atoms with van der Waals surface area (Å²) in [5, 5.41) is -0.537. The van der Waals surface area contributed by atoms with E-state index in [1.807, 2.05) is 30.3 Å². The molecule has 0 saturated carbocycles. The van der Waals surface area contributed by atoms with Crippen LogP contribution >= 0.6 is 11.3 Å². The Balaban J connectivity index is 1.86. The smallest absolute Gasteiger partial charge is 0.273 e. The van der Waals surface area contributed by atoms with Crippen LogP contribution in [0.4, 0.5) is 4.39 Å². The van der Waals surface area contributed by atoms with E-state index in [-0.39, 0.29) is 0 Å². The number of thiazole rings is 1. The average Bonchev–Trinajstić information content (AvgIpc) is 3.21. The van der Waals surface area contributed by atoms with Crippen molar-refractivity contribution in [3.05, 3.63) is 65.0 Å². The molecule has 0 spiro atoms. The molecular formula is C20H14FN5S. The summed E-state index contributed by atoms with van der Waals surface area (Å²) in [5.74, 6) is 0.663. The van der Waals surface area contributed by atoms with Gasteiger partial charge in [0.2, 0.25) is 0 Å². The zero-order valence-electron chi connectivity index (χ0n) is 14.6. The molecule has 0 fully saturated rings. The molecule has 0 unspecified atom stereocenters. The third-order valence-corrected chi connectivity index (χ3v) is 5.29. The number of para-hydroxylation sites is 3. The van der Waals surface area contributed by atoms with Crippen LogP contribution in [0, 0.1) is 19.1 Å². The molecule has 2 aromatic carbocycles. The molecule has 0 radical (unpaired) electrons. The fourth-order valence-electron chi connectivity index (χ4n) is 3.39. The van der Waals surface area contributed by atoms with Crippen molar-refractivity contribution in [1.82, 2.24) is 24.5 Å². The molecule has 3 heterocycles. The Kier molecular flexibility index (Phi) is 3.51. The molecule has 0 bridgehead atoms. The third-order valence-electron chi connectivity index (χ3n) is 4.55. The number of nitrogens with zero attached hydrogens (tertiary/aromatic N) is 5. The number of hydrogen-bond donors (Lipinski definition) is 0. The minimum Gasteiger partial charge on any atom is -0.290 e. The molecule has 5 nitrogen and oxygen atoms in total. The van der Waals surface area contributed by atoms with Gasteiger partial charge in [-0.3, -0.25) is 4.57 Å². The van der Waals surface area contributed by atoms with E-state index in [0.717, 1.165) is 39.2 Å². The zero-order chi connectivity index (χ0) is 18.5. The van der Waals surface area contributed by atoms with E-state index >= 15 is 0 Å². The Morgan fingerprint density at radius 3 is 2.52 bits per heavy atom. The lowest BCUT2D eigenvalue weighted by Crippen LogP contribution is -2.03. The van der Waals surface area contributed by atoms with Gasteiger partial charge in [-0.05, 0) is 37.1 Å². The first-order chi connectivity index (χ1) is 13.1. The summed E-state index contributed by atoms with van der Waals surface area (Å²) in [5.41, 5.74) is 6.04. The molecular weight excluding hydrogens is 361 g/mol. The highest BCUT2D eigenvalue weighted by Gasteiger charge is 2.19. The standard InChI is InChI=1S/C20H14FN5S/c1-11-6-5-7-12(2)16(11)26-15-9-4-3-8-13(15)24-18(26)14-10-22-19-17(23-14)25-20(21)27-19/h3-10H,1-2H3. The van der Waals surface area contributed by atoms with E-state index in [1.165, 1.54) is 0 Å². The van der Waals surface area contributed by atoms with Gasteiger partial charge in [-0.1, -0.05) is 41.7 Å². The summed E-state index contributed by atoms with van der Waals surface area (Å²) in [7, 11) is 0. The predicted molar refractivity (Wildman–Crippen MR) is 105 cm³/mol. The van der Waals surface area contributed by atoms with Crippen LogP contribution in [0.5, 0.6) is 0 Å². The number of hydrogen-bond acceptors (Lipinski definition) is 5. The Hall–Kier alpha value is -3.19. The van der Waals surface area contributed by atoms with Crippen molar-refractivity contribution in [2.24, 2.45) is 0 Å². The van der Waals surface area contributed by atoms with Crippen molar-refractivity contribution in [1.29, 1.82) is 0 Å². The second-order valence-corrected chi connectivity index (χ2v) is 7.28. The van der Waals surface area contributed by atoms with Gasteiger partial charge in [-0.25, -0.2) is 15.0 Å². The lowest BCUT2D eigenvalue weighted by atomic mass is 10.1. The van der Waals surface area contributed by atoms with Crippen molar-refractivity contribution >= 4 is 32.8 Å². The van der Waals surface area contributed by atoms with Crippen LogP contribution in [0.2, 0.25) is 0 Å². The SMILES string of the molecule is Cc1cccc(C)c1-n1c(-c2cnc3sc(F)nc3n2)nc2ccccc21. The molecule has 0 aliphatic carbocycles. The number of halogens is 1. The van der Waals surface area contributed by atoms with Gasteiger partial charge < -0.3 is 0 Å². The van der Waals surface area contributed by atoms with E-state index in [0.29, 0.717) is 22.0 Å². The van der Waals surface area contributed by atoms with Crippen molar-refractivity contribution in [2.45, 2.75) is 13.8 Å². The van der Waals surface area contributed by atoms with Gasteiger partial charge in [-0.2, -0.15) is 9.37 Å². The number of aromatic nitrogens is 5. The first-order valence-electron chi connectivity index (χ1n) is 8.45. The van der Waals surface area contributed by atoms with Crippen LogP contribution in [0.3, 0.4) is 0 Å². The Morgan fingerprint density at radius 1 is 0.926 bits per heavy atom. The lowest BCUT2D eigenvalue weighted by Gasteiger charge is -2.14. The van der Waals surface area contributed by atoms with Gasteiger partial charge in [0.05, 0.1) is 22.9 Å². The van der Waals surface area contributed by atoms with Crippen molar-refractivity contribution < 1.29 is 4.39 Å². The quantitative estimate of drug-likeness (QED) is 0.443. The minimum atomic E-state index is -0.537. The van der Waals surface area contributed by atoms with E-state index in [4.69, 9.17) is 4.98 Å². The van der Waals surface area contributed by atoms with Crippen molar-refractivity contribution in [3.8, 4) is 17.2 Å². The normalized spacial score (nSPS) is 11.5. The predicted octanol–water partition coefficient (Wildman–Crippen LogP) is 4.85. The van der Waals surface area contributed by atoms with Gasteiger partial charge in [0.15, 0.2) is 16.3 Å². The van der Waals surface area contributed by atoms with E-state index in [1.54, 1.807) is 6.20 Å². The van der Waals surface area contributed by atoms with Crippen LogP contribution in [0.15, 0.2) is 48.7 Å². The number of fused-ring (bicyclic) bond motifs is 2. The van der Waals surface area contributed by atoms with Crippen LogP contribution in [-0.4, -0.2) is 24.5 Å². The molecule has 5 rings (SSSR count). The van der Waals surface area contributed by atoms with Crippen LogP contribution in [-0.2, 0) is 0 Å². The highest BCUT2D eigenvalue weighted by atomic mass is 32.1. The van der Waals surface area contributed by atoms with E-state index in [2.05, 4.69) is 45.5 Å².